The summed E-state index contributed by atoms with van der Waals surface area (Å²) >= 11 is 6.12. The van der Waals surface area contributed by atoms with Crippen molar-refractivity contribution >= 4 is 72.8 Å². The predicted octanol–water partition coefficient (Wildman–Crippen LogP) is 5.44. The molecule has 0 fully saturated rings. The lowest BCUT2D eigenvalue weighted by molar-refractivity contribution is 0.470. The lowest BCUT2D eigenvalue weighted by atomic mass is 10.2. The van der Waals surface area contributed by atoms with Crippen molar-refractivity contribution in [2.75, 3.05) is 0 Å². The van der Waals surface area contributed by atoms with Gasteiger partial charge in [-0.15, -0.1) is 11.3 Å². The SMILES string of the molecule is Oc1c(I)cc(I)cc1C=NCc1csc2ccccc12. The first-order chi connectivity index (χ1) is 10.1. The molecule has 0 spiro atoms. The Morgan fingerprint density at radius 1 is 1.19 bits per heavy atom. The minimum Gasteiger partial charge on any atom is -0.506 e. The molecule has 0 bridgehead atoms. The van der Waals surface area contributed by atoms with E-state index in [2.05, 4.69) is 79.8 Å². The smallest absolute Gasteiger partial charge is 0.137 e. The van der Waals surface area contributed by atoms with E-state index in [0.717, 1.165) is 12.7 Å². The molecule has 1 heterocycles. The van der Waals surface area contributed by atoms with Gasteiger partial charge in [0.25, 0.3) is 0 Å². The highest BCUT2D eigenvalue weighted by atomic mass is 127. The third kappa shape index (κ3) is 3.40. The fourth-order valence-electron chi connectivity index (χ4n) is 2.08. The van der Waals surface area contributed by atoms with Crippen LogP contribution in [-0.4, -0.2) is 11.3 Å². The number of benzene rings is 2. The number of nitrogens with zero attached hydrogens (tertiary/aromatic N) is 1. The van der Waals surface area contributed by atoms with Gasteiger partial charge >= 0.3 is 0 Å². The third-order valence-electron chi connectivity index (χ3n) is 3.11. The van der Waals surface area contributed by atoms with Gasteiger partial charge in [-0.25, -0.2) is 0 Å². The second kappa shape index (κ2) is 6.62. The second-order valence-corrected chi connectivity index (χ2v) is 7.87. The molecule has 1 N–H and O–H groups in total. The van der Waals surface area contributed by atoms with Crippen molar-refractivity contribution in [3.63, 3.8) is 0 Å². The van der Waals surface area contributed by atoms with Gasteiger partial charge in [0.15, 0.2) is 0 Å². The van der Waals surface area contributed by atoms with Gasteiger partial charge < -0.3 is 5.11 Å². The zero-order valence-electron chi connectivity index (χ0n) is 10.9. The van der Waals surface area contributed by atoms with Gasteiger partial charge in [-0.3, -0.25) is 4.99 Å². The first-order valence-electron chi connectivity index (χ1n) is 6.28. The lowest BCUT2D eigenvalue weighted by Crippen LogP contribution is -1.89. The number of halogens is 2. The fraction of sp³-hybridized carbons (Fsp3) is 0.0625. The van der Waals surface area contributed by atoms with Crippen LogP contribution in [0, 0.1) is 7.14 Å². The van der Waals surface area contributed by atoms with Gasteiger partial charge in [0.2, 0.25) is 0 Å². The maximum Gasteiger partial charge on any atom is 0.137 e. The van der Waals surface area contributed by atoms with Crippen molar-refractivity contribution in [1.82, 2.24) is 0 Å². The summed E-state index contributed by atoms with van der Waals surface area (Å²) in [5, 5.41) is 13.5. The summed E-state index contributed by atoms with van der Waals surface area (Å²) < 4.78 is 3.23. The summed E-state index contributed by atoms with van der Waals surface area (Å²) in [5.74, 6) is 0.301. The van der Waals surface area contributed by atoms with Crippen LogP contribution in [0.5, 0.6) is 5.75 Å². The van der Waals surface area contributed by atoms with Crippen LogP contribution in [0.25, 0.3) is 10.1 Å². The summed E-state index contributed by atoms with van der Waals surface area (Å²) in [4.78, 5) is 4.49. The average Bonchev–Trinajstić information content (AvgIpc) is 2.87. The molecule has 0 aliphatic heterocycles. The van der Waals surface area contributed by atoms with Gasteiger partial charge in [-0.05, 0) is 79.7 Å². The van der Waals surface area contributed by atoms with Crippen LogP contribution in [0.15, 0.2) is 46.8 Å². The molecule has 106 valence electrons. The van der Waals surface area contributed by atoms with Crippen molar-refractivity contribution in [2.24, 2.45) is 4.99 Å². The monoisotopic (exact) mass is 519 g/mol. The summed E-state index contributed by atoms with van der Waals surface area (Å²) in [6.45, 7) is 0.630. The number of phenolic OH excluding ortho intramolecular Hbond substituents is 1. The van der Waals surface area contributed by atoms with E-state index in [1.54, 1.807) is 17.6 Å². The predicted molar refractivity (Wildman–Crippen MR) is 107 cm³/mol. The molecule has 1 aromatic heterocycles. The van der Waals surface area contributed by atoms with Gasteiger partial charge in [0, 0.05) is 20.0 Å². The summed E-state index contributed by atoms with van der Waals surface area (Å²) in [5.41, 5.74) is 2.00. The standard InChI is InChI=1S/C16H11I2NOS/c17-12-5-10(16(20)14(18)6-12)7-19-8-11-9-21-15-4-2-1-3-13(11)15/h1-7,9,20H,8H2. The van der Waals surface area contributed by atoms with Crippen LogP contribution < -0.4 is 0 Å². The van der Waals surface area contributed by atoms with Crippen molar-refractivity contribution in [2.45, 2.75) is 6.54 Å². The van der Waals surface area contributed by atoms with Crippen LogP contribution in [0.2, 0.25) is 0 Å². The maximum atomic E-state index is 10.1. The maximum absolute atomic E-state index is 10.1. The van der Waals surface area contributed by atoms with E-state index in [9.17, 15) is 5.11 Å². The molecule has 0 saturated carbocycles. The van der Waals surface area contributed by atoms with Crippen molar-refractivity contribution in [3.05, 3.63) is 60.0 Å². The molecule has 2 nitrogen and oxygen atoms in total. The van der Waals surface area contributed by atoms with Crippen LogP contribution in [0.3, 0.4) is 0 Å². The Bertz CT molecular complexity index is 826. The molecule has 21 heavy (non-hydrogen) atoms. The largest absolute Gasteiger partial charge is 0.506 e. The highest BCUT2D eigenvalue weighted by Crippen LogP contribution is 2.27. The van der Waals surface area contributed by atoms with Crippen molar-refractivity contribution < 1.29 is 5.11 Å². The van der Waals surface area contributed by atoms with Gasteiger partial charge in [-0.2, -0.15) is 0 Å². The first-order valence-corrected chi connectivity index (χ1v) is 9.32. The minimum absolute atomic E-state index is 0.301. The number of hydrogen-bond acceptors (Lipinski definition) is 3. The van der Waals surface area contributed by atoms with E-state index in [-0.39, 0.29) is 0 Å². The molecule has 0 aliphatic carbocycles. The van der Waals surface area contributed by atoms with Crippen LogP contribution in [-0.2, 0) is 6.54 Å². The normalized spacial score (nSPS) is 11.5. The molecule has 0 unspecified atom stereocenters. The number of fused-ring (bicyclic) bond motifs is 1. The van der Waals surface area contributed by atoms with Crippen LogP contribution in [0.4, 0.5) is 0 Å². The molecule has 0 amide bonds. The molecule has 0 atom stereocenters. The first kappa shape index (κ1) is 15.2. The Morgan fingerprint density at radius 2 is 2.00 bits per heavy atom. The quantitative estimate of drug-likeness (QED) is 0.363. The molecule has 3 rings (SSSR count). The van der Waals surface area contributed by atoms with Crippen molar-refractivity contribution in [1.29, 1.82) is 0 Å². The van der Waals surface area contributed by atoms with E-state index in [0.29, 0.717) is 12.3 Å². The molecule has 0 aliphatic rings. The number of rotatable bonds is 3. The molecule has 5 heteroatoms. The van der Waals surface area contributed by atoms with Crippen molar-refractivity contribution in [3.8, 4) is 5.75 Å². The zero-order valence-corrected chi connectivity index (χ0v) is 16.0. The Morgan fingerprint density at radius 3 is 2.86 bits per heavy atom. The van der Waals surface area contributed by atoms with E-state index in [1.807, 2.05) is 12.1 Å². The highest BCUT2D eigenvalue weighted by molar-refractivity contribution is 14.1. The summed E-state index contributed by atoms with van der Waals surface area (Å²) in [6.07, 6.45) is 1.76. The van der Waals surface area contributed by atoms with Gasteiger partial charge in [0.1, 0.15) is 5.75 Å². The number of hydrogen-bond donors (Lipinski definition) is 1. The Kier molecular flexibility index (Phi) is 4.80. The number of aliphatic imine (C=N–C) groups is 1. The Labute approximate surface area is 154 Å². The van der Waals surface area contributed by atoms with E-state index in [4.69, 9.17) is 0 Å². The average molecular weight is 519 g/mol. The topological polar surface area (TPSA) is 32.6 Å². The van der Waals surface area contributed by atoms with Gasteiger partial charge in [0.05, 0.1) is 10.1 Å². The van der Waals surface area contributed by atoms with Gasteiger partial charge in [-0.1, -0.05) is 18.2 Å². The number of thiophene rings is 1. The molecule has 2 aromatic carbocycles. The zero-order chi connectivity index (χ0) is 14.8. The van der Waals surface area contributed by atoms with E-state index < -0.39 is 0 Å². The Balaban J connectivity index is 1.85. The Hall–Kier alpha value is -0.670. The van der Waals surface area contributed by atoms with Crippen LogP contribution >= 0.6 is 56.5 Å². The molecule has 0 saturated heterocycles. The van der Waals surface area contributed by atoms with E-state index in [1.165, 1.54) is 15.6 Å². The lowest BCUT2D eigenvalue weighted by Gasteiger charge is -2.02. The molecule has 3 aromatic rings. The highest BCUT2D eigenvalue weighted by Gasteiger charge is 2.05. The van der Waals surface area contributed by atoms with E-state index >= 15 is 0 Å². The minimum atomic E-state index is 0.301. The third-order valence-corrected chi connectivity index (χ3v) is 5.57. The summed E-state index contributed by atoms with van der Waals surface area (Å²) in [6, 6.07) is 12.2. The number of phenols is 1. The fourth-order valence-corrected chi connectivity index (χ4v) is 4.93. The molecular weight excluding hydrogens is 508 g/mol. The number of aromatic hydroxyl groups is 1. The molecule has 0 radical (unpaired) electrons. The molecular formula is C16H11I2NOS. The second-order valence-electron chi connectivity index (χ2n) is 4.55. The summed E-state index contributed by atoms with van der Waals surface area (Å²) in [7, 11) is 0. The van der Waals surface area contributed by atoms with Crippen LogP contribution in [0.1, 0.15) is 11.1 Å².